The van der Waals surface area contributed by atoms with Gasteiger partial charge in [0.25, 0.3) is 0 Å². The van der Waals surface area contributed by atoms with E-state index in [4.69, 9.17) is 16.3 Å². The van der Waals surface area contributed by atoms with Crippen molar-refractivity contribution < 1.29 is 14.3 Å². The van der Waals surface area contributed by atoms with Gasteiger partial charge < -0.3 is 4.74 Å². The first-order valence-corrected chi connectivity index (χ1v) is 8.65. The number of carbonyl (C=O) groups is 2. The quantitative estimate of drug-likeness (QED) is 0.370. The van der Waals surface area contributed by atoms with Crippen LogP contribution in [-0.4, -0.2) is 23.8 Å². The van der Waals surface area contributed by atoms with Crippen molar-refractivity contribution in [3.63, 3.8) is 0 Å². The van der Waals surface area contributed by atoms with Crippen LogP contribution in [0, 0.1) is 6.92 Å². The topological polar surface area (TPSA) is 56.3 Å². The van der Waals surface area contributed by atoms with Crippen molar-refractivity contribution in [3.8, 4) is 0 Å². The van der Waals surface area contributed by atoms with Crippen molar-refractivity contribution in [2.24, 2.45) is 0 Å². The van der Waals surface area contributed by atoms with Crippen LogP contribution in [0.5, 0.6) is 0 Å². The van der Waals surface area contributed by atoms with Crippen molar-refractivity contribution in [2.75, 3.05) is 7.11 Å². The minimum atomic E-state index is -0.396. The van der Waals surface area contributed by atoms with Crippen LogP contribution in [0.1, 0.15) is 31.2 Å². The number of thiophene rings is 1. The van der Waals surface area contributed by atoms with Gasteiger partial charge in [-0.1, -0.05) is 29.8 Å². The molecule has 4 nitrogen and oxygen atoms in total. The van der Waals surface area contributed by atoms with Crippen LogP contribution >= 0.6 is 22.9 Å². The first-order chi connectivity index (χ1) is 12.0. The van der Waals surface area contributed by atoms with E-state index in [-0.39, 0.29) is 5.78 Å². The number of benzene rings is 1. The number of allylic oxidation sites excluding steroid dienone is 1. The zero-order valence-electron chi connectivity index (χ0n) is 13.6. The normalized spacial score (nSPS) is 11.2. The van der Waals surface area contributed by atoms with E-state index in [1.165, 1.54) is 30.7 Å². The Balaban J connectivity index is 1.93. The maximum absolute atomic E-state index is 12.4. The van der Waals surface area contributed by atoms with E-state index in [2.05, 4.69) is 4.98 Å². The number of ether oxygens (including phenoxy) is 1. The third kappa shape index (κ3) is 3.48. The van der Waals surface area contributed by atoms with E-state index in [0.29, 0.717) is 20.3 Å². The monoisotopic (exact) mass is 371 g/mol. The van der Waals surface area contributed by atoms with Crippen LogP contribution in [0.25, 0.3) is 16.3 Å². The van der Waals surface area contributed by atoms with Gasteiger partial charge in [0.1, 0.15) is 9.71 Å². The summed E-state index contributed by atoms with van der Waals surface area (Å²) in [6.07, 6.45) is 4.65. The molecule has 0 aliphatic carbocycles. The van der Waals surface area contributed by atoms with E-state index < -0.39 is 5.97 Å². The number of carbonyl (C=O) groups excluding carboxylic acids is 2. The summed E-state index contributed by atoms with van der Waals surface area (Å²) in [7, 11) is 1.34. The number of rotatable bonds is 4. The molecule has 0 saturated heterocycles. The summed E-state index contributed by atoms with van der Waals surface area (Å²) >= 11 is 7.34. The van der Waals surface area contributed by atoms with Gasteiger partial charge >= 0.3 is 5.97 Å². The van der Waals surface area contributed by atoms with E-state index in [0.717, 1.165) is 16.5 Å². The molecule has 0 aliphatic heterocycles. The number of halogens is 1. The van der Waals surface area contributed by atoms with Crippen molar-refractivity contribution >= 4 is 51.0 Å². The van der Waals surface area contributed by atoms with E-state index in [9.17, 15) is 9.59 Å². The maximum Gasteiger partial charge on any atom is 0.348 e. The number of esters is 1. The lowest BCUT2D eigenvalue weighted by molar-refractivity contribution is 0.0605. The molecule has 0 bridgehead atoms. The second kappa shape index (κ2) is 7.17. The van der Waals surface area contributed by atoms with Gasteiger partial charge in [-0.3, -0.25) is 4.79 Å². The lowest BCUT2D eigenvalue weighted by Crippen LogP contribution is -1.99. The van der Waals surface area contributed by atoms with Crippen molar-refractivity contribution in [3.05, 3.63) is 69.2 Å². The first-order valence-electron chi connectivity index (χ1n) is 7.45. The Labute approximate surface area is 153 Å². The number of methoxy groups -OCH3 is 1. The summed E-state index contributed by atoms with van der Waals surface area (Å²) in [5, 5.41) is 1.36. The molecule has 3 aromatic rings. The maximum atomic E-state index is 12.4. The Morgan fingerprint density at radius 3 is 2.76 bits per heavy atom. The number of hydrogen-bond donors (Lipinski definition) is 0. The molecule has 0 saturated carbocycles. The molecule has 2 aromatic heterocycles. The standard InChI is InChI=1S/C19H14ClNO3S/c1-11-14-9-13(10-21-18(14)25-17(11)19(23)24-2)16(22)8-7-12-5-3-4-6-15(12)20/h3-10H,1-2H3/b8-7+. The van der Waals surface area contributed by atoms with Gasteiger partial charge in [0, 0.05) is 22.2 Å². The fourth-order valence-electron chi connectivity index (χ4n) is 2.39. The van der Waals surface area contributed by atoms with Gasteiger partial charge in [-0.25, -0.2) is 9.78 Å². The molecule has 126 valence electrons. The third-order valence-electron chi connectivity index (χ3n) is 3.77. The Kier molecular flexibility index (Phi) is 4.97. The lowest BCUT2D eigenvalue weighted by atomic mass is 10.1. The molecule has 0 spiro atoms. The van der Waals surface area contributed by atoms with Crippen LogP contribution in [0.2, 0.25) is 5.02 Å². The average molecular weight is 372 g/mol. The van der Waals surface area contributed by atoms with Crippen LogP contribution in [-0.2, 0) is 4.74 Å². The number of aryl methyl sites for hydroxylation is 1. The summed E-state index contributed by atoms with van der Waals surface area (Å²) < 4.78 is 4.78. The number of pyridine rings is 1. The molecule has 6 heteroatoms. The van der Waals surface area contributed by atoms with Gasteiger partial charge in [0.05, 0.1) is 7.11 Å². The van der Waals surface area contributed by atoms with Crippen molar-refractivity contribution in [2.45, 2.75) is 6.92 Å². The summed E-state index contributed by atoms with van der Waals surface area (Å²) in [5.41, 5.74) is 1.99. The van der Waals surface area contributed by atoms with Crippen LogP contribution in [0.15, 0.2) is 42.6 Å². The summed E-state index contributed by atoms with van der Waals surface area (Å²) in [6, 6.07) is 9.03. The molecule has 0 amide bonds. The summed E-state index contributed by atoms with van der Waals surface area (Å²) in [5.74, 6) is -0.577. The molecular weight excluding hydrogens is 358 g/mol. The van der Waals surface area contributed by atoms with Crippen molar-refractivity contribution in [1.29, 1.82) is 0 Å². The van der Waals surface area contributed by atoms with Gasteiger partial charge in [0.2, 0.25) is 0 Å². The molecule has 0 aliphatic rings. The smallest absolute Gasteiger partial charge is 0.348 e. The zero-order valence-corrected chi connectivity index (χ0v) is 15.1. The van der Waals surface area contributed by atoms with Gasteiger partial charge in [-0.15, -0.1) is 11.3 Å². The number of aromatic nitrogens is 1. The number of fused-ring (bicyclic) bond motifs is 1. The van der Waals surface area contributed by atoms with E-state index >= 15 is 0 Å². The highest BCUT2D eigenvalue weighted by molar-refractivity contribution is 7.20. The fourth-order valence-corrected chi connectivity index (χ4v) is 3.64. The molecule has 0 N–H and O–H groups in total. The highest BCUT2D eigenvalue weighted by atomic mass is 35.5. The van der Waals surface area contributed by atoms with Crippen molar-refractivity contribution in [1.82, 2.24) is 4.98 Å². The number of nitrogens with zero attached hydrogens (tertiary/aromatic N) is 1. The van der Waals surface area contributed by atoms with Gasteiger partial charge in [-0.05, 0) is 42.3 Å². The highest BCUT2D eigenvalue weighted by Gasteiger charge is 2.17. The van der Waals surface area contributed by atoms with E-state index in [1.807, 2.05) is 25.1 Å². The number of ketones is 1. The second-order valence-electron chi connectivity index (χ2n) is 5.34. The molecule has 0 unspecified atom stereocenters. The fraction of sp³-hybridized carbons (Fsp3) is 0.105. The minimum Gasteiger partial charge on any atom is -0.465 e. The van der Waals surface area contributed by atoms with Crippen LogP contribution in [0.4, 0.5) is 0 Å². The molecule has 0 fully saturated rings. The molecule has 0 radical (unpaired) electrons. The highest BCUT2D eigenvalue weighted by Crippen LogP contribution is 2.30. The Morgan fingerprint density at radius 2 is 2.04 bits per heavy atom. The molecule has 25 heavy (non-hydrogen) atoms. The lowest BCUT2D eigenvalue weighted by Gasteiger charge is -1.99. The van der Waals surface area contributed by atoms with E-state index in [1.54, 1.807) is 18.2 Å². The molecule has 2 heterocycles. The third-order valence-corrected chi connectivity index (χ3v) is 5.31. The Morgan fingerprint density at radius 1 is 1.28 bits per heavy atom. The first kappa shape index (κ1) is 17.3. The molecule has 1 aromatic carbocycles. The predicted octanol–water partition coefficient (Wildman–Crippen LogP) is 4.94. The van der Waals surface area contributed by atoms with Crippen LogP contribution in [0.3, 0.4) is 0 Å². The molecule has 3 rings (SSSR count). The average Bonchev–Trinajstić information content (AvgIpc) is 2.96. The Hall–Kier alpha value is -2.50. The zero-order chi connectivity index (χ0) is 18.0. The predicted molar refractivity (Wildman–Crippen MR) is 101 cm³/mol. The van der Waals surface area contributed by atoms with Gasteiger partial charge in [-0.2, -0.15) is 0 Å². The van der Waals surface area contributed by atoms with Gasteiger partial charge in [0.15, 0.2) is 5.78 Å². The number of hydrogen-bond acceptors (Lipinski definition) is 5. The second-order valence-corrected chi connectivity index (χ2v) is 6.75. The molecule has 0 atom stereocenters. The summed E-state index contributed by atoms with van der Waals surface area (Å²) in [4.78, 5) is 29.7. The molecular formula is C19H14ClNO3S. The van der Waals surface area contributed by atoms with Crippen LogP contribution < -0.4 is 0 Å². The Bertz CT molecular complexity index is 1010. The summed E-state index contributed by atoms with van der Waals surface area (Å²) in [6.45, 7) is 1.82. The SMILES string of the molecule is COC(=O)c1sc2ncc(C(=O)/C=C/c3ccccc3Cl)cc2c1C. The largest absolute Gasteiger partial charge is 0.465 e. The minimum absolute atomic E-state index is 0.181.